The van der Waals surface area contributed by atoms with Crippen LogP contribution in [0.1, 0.15) is 25.0 Å². The van der Waals surface area contributed by atoms with Crippen LogP contribution < -0.4 is 5.32 Å². The molecule has 3 aromatic rings. The first-order valence-electron chi connectivity index (χ1n) is 8.45. The van der Waals surface area contributed by atoms with Crippen LogP contribution in [-0.2, 0) is 6.42 Å². The molecule has 0 aliphatic carbocycles. The van der Waals surface area contributed by atoms with E-state index in [1.54, 1.807) is 12.1 Å². The molecule has 3 aromatic carbocycles. The van der Waals surface area contributed by atoms with E-state index in [-0.39, 0.29) is 10.6 Å². The molecule has 0 unspecified atom stereocenters. The largest absolute Gasteiger partial charge is 0.349 e. The van der Waals surface area contributed by atoms with Gasteiger partial charge in [-0.2, -0.15) is 5.26 Å². The molecule has 0 amide bonds. The van der Waals surface area contributed by atoms with Gasteiger partial charge in [-0.25, -0.2) is 0 Å². The lowest BCUT2D eigenvalue weighted by Gasteiger charge is -2.16. The number of rotatable bonds is 5. The molecule has 0 fully saturated rings. The van der Waals surface area contributed by atoms with Gasteiger partial charge in [-0.05, 0) is 47.6 Å². The molecule has 0 aromatic heterocycles. The maximum atomic E-state index is 11.5. The number of benzene rings is 3. The molecule has 26 heavy (non-hydrogen) atoms. The first-order valence-corrected chi connectivity index (χ1v) is 8.45. The van der Waals surface area contributed by atoms with Gasteiger partial charge in [-0.1, -0.05) is 38.1 Å². The Morgan fingerprint density at radius 1 is 1.15 bits per heavy atom. The number of nitro groups is 1. The predicted octanol–water partition coefficient (Wildman–Crippen LogP) is 5.56. The first kappa shape index (κ1) is 17.4. The second kappa shape index (κ2) is 7.24. The SMILES string of the molecule is CC(C)Cc1cc(C#N)ccc1Nc1c([N+](=O)[O-])ccc2ccccc12. The number of anilines is 2. The highest BCUT2D eigenvalue weighted by Gasteiger charge is 2.18. The fourth-order valence-electron chi connectivity index (χ4n) is 3.07. The first-order chi connectivity index (χ1) is 12.5. The van der Waals surface area contributed by atoms with Crippen molar-refractivity contribution in [3.8, 4) is 6.07 Å². The summed E-state index contributed by atoms with van der Waals surface area (Å²) in [6.45, 7) is 4.20. The molecule has 130 valence electrons. The Hall–Kier alpha value is -3.39. The number of nitrogens with zero attached hydrogens (tertiary/aromatic N) is 2. The Morgan fingerprint density at radius 2 is 1.92 bits per heavy atom. The molecular formula is C21H19N3O2. The van der Waals surface area contributed by atoms with E-state index in [1.165, 1.54) is 6.07 Å². The van der Waals surface area contributed by atoms with Crippen LogP contribution in [-0.4, -0.2) is 4.92 Å². The molecule has 0 saturated carbocycles. The van der Waals surface area contributed by atoms with E-state index in [1.807, 2.05) is 36.4 Å². The lowest BCUT2D eigenvalue weighted by molar-refractivity contribution is -0.383. The van der Waals surface area contributed by atoms with Crippen LogP contribution in [0.3, 0.4) is 0 Å². The van der Waals surface area contributed by atoms with Crippen molar-refractivity contribution < 1.29 is 4.92 Å². The summed E-state index contributed by atoms with van der Waals surface area (Å²) in [5, 5.41) is 25.7. The van der Waals surface area contributed by atoms with Gasteiger partial charge in [0.05, 0.1) is 16.6 Å². The lowest BCUT2D eigenvalue weighted by Crippen LogP contribution is -2.03. The molecule has 0 radical (unpaired) electrons. The third-order valence-corrected chi connectivity index (χ3v) is 4.23. The highest BCUT2D eigenvalue weighted by atomic mass is 16.6. The van der Waals surface area contributed by atoms with Crippen LogP contribution >= 0.6 is 0 Å². The Morgan fingerprint density at radius 3 is 2.62 bits per heavy atom. The zero-order valence-corrected chi connectivity index (χ0v) is 14.7. The topological polar surface area (TPSA) is 79.0 Å². The molecule has 0 aliphatic heterocycles. The van der Waals surface area contributed by atoms with E-state index in [4.69, 9.17) is 0 Å². The monoisotopic (exact) mass is 345 g/mol. The molecule has 0 aliphatic rings. The fraction of sp³-hybridized carbons (Fsp3) is 0.190. The quantitative estimate of drug-likeness (QED) is 0.485. The van der Waals surface area contributed by atoms with Crippen LogP contribution in [0.25, 0.3) is 10.8 Å². The fourth-order valence-corrected chi connectivity index (χ4v) is 3.07. The molecule has 0 heterocycles. The highest BCUT2D eigenvalue weighted by Crippen LogP contribution is 2.36. The van der Waals surface area contributed by atoms with Crippen molar-refractivity contribution in [2.24, 2.45) is 5.92 Å². The van der Waals surface area contributed by atoms with Gasteiger partial charge in [-0.15, -0.1) is 0 Å². The van der Waals surface area contributed by atoms with Gasteiger partial charge in [0.2, 0.25) is 0 Å². The third kappa shape index (κ3) is 3.50. The number of nitrogens with one attached hydrogen (secondary N) is 1. The maximum Gasteiger partial charge on any atom is 0.293 e. The molecule has 3 rings (SSSR count). The lowest BCUT2D eigenvalue weighted by atomic mass is 9.98. The maximum absolute atomic E-state index is 11.5. The van der Waals surface area contributed by atoms with Gasteiger partial charge in [0.25, 0.3) is 5.69 Å². The summed E-state index contributed by atoms with van der Waals surface area (Å²) in [6.07, 6.45) is 0.774. The van der Waals surface area contributed by atoms with Gasteiger partial charge in [0, 0.05) is 17.1 Å². The van der Waals surface area contributed by atoms with Gasteiger partial charge >= 0.3 is 0 Å². The number of nitro benzene ring substituents is 1. The number of hydrogen-bond donors (Lipinski definition) is 1. The van der Waals surface area contributed by atoms with Crippen molar-refractivity contribution >= 4 is 27.8 Å². The molecule has 5 nitrogen and oxygen atoms in total. The summed E-state index contributed by atoms with van der Waals surface area (Å²) >= 11 is 0. The van der Waals surface area contributed by atoms with E-state index >= 15 is 0 Å². The summed E-state index contributed by atoms with van der Waals surface area (Å²) < 4.78 is 0. The normalized spacial score (nSPS) is 10.7. The van der Waals surface area contributed by atoms with Gasteiger partial charge in [-0.3, -0.25) is 10.1 Å². The molecular weight excluding hydrogens is 326 g/mol. The van der Waals surface area contributed by atoms with E-state index in [9.17, 15) is 15.4 Å². The number of nitriles is 1. The van der Waals surface area contributed by atoms with E-state index in [0.29, 0.717) is 17.2 Å². The number of hydrogen-bond acceptors (Lipinski definition) is 4. The minimum Gasteiger partial charge on any atom is -0.349 e. The Bertz CT molecular complexity index is 1020. The van der Waals surface area contributed by atoms with Crippen molar-refractivity contribution in [1.29, 1.82) is 5.26 Å². The van der Waals surface area contributed by atoms with Crippen molar-refractivity contribution in [2.75, 3.05) is 5.32 Å². The molecule has 5 heteroatoms. The smallest absolute Gasteiger partial charge is 0.293 e. The van der Waals surface area contributed by atoms with Crippen molar-refractivity contribution in [3.63, 3.8) is 0 Å². The molecule has 0 spiro atoms. The zero-order chi connectivity index (χ0) is 18.7. The van der Waals surface area contributed by atoms with E-state index in [0.717, 1.165) is 28.4 Å². The van der Waals surface area contributed by atoms with E-state index < -0.39 is 0 Å². The van der Waals surface area contributed by atoms with Crippen molar-refractivity contribution in [1.82, 2.24) is 0 Å². The van der Waals surface area contributed by atoms with Gasteiger partial charge < -0.3 is 5.32 Å². The second-order valence-corrected chi connectivity index (χ2v) is 6.64. The zero-order valence-electron chi connectivity index (χ0n) is 14.7. The Balaban J connectivity index is 2.16. The second-order valence-electron chi connectivity index (χ2n) is 6.64. The van der Waals surface area contributed by atoms with Crippen molar-refractivity contribution in [3.05, 3.63) is 75.8 Å². The van der Waals surface area contributed by atoms with Crippen LogP contribution in [0.2, 0.25) is 0 Å². The summed E-state index contributed by atoms with van der Waals surface area (Å²) in [5.41, 5.74) is 2.85. The van der Waals surface area contributed by atoms with Crippen molar-refractivity contribution in [2.45, 2.75) is 20.3 Å². The van der Waals surface area contributed by atoms with Crippen LogP contribution in [0.5, 0.6) is 0 Å². The van der Waals surface area contributed by atoms with Crippen LogP contribution in [0.15, 0.2) is 54.6 Å². The molecule has 0 atom stereocenters. The molecule has 0 saturated heterocycles. The van der Waals surface area contributed by atoms with E-state index in [2.05, 4.69) is 25.2 Å². The average molecular weight is 345 g/mol. The predicted molar refractivity (Wildman–Crippen MR) is 104 cm³/mol. The van der Waals surface area contributed by atoms with Crippen LogP contribution in [0, 0.1) is 27.4 Å². The Labute approximate surface area is 152 Å². The highest BCUT2D eigenvalue weighted by molar-refractivity contribution is 6.00. The minimum absolute atomic E-state index is 0.0311. The van der Waals surface area contributed by atoms with Gasteiger partial charge in [0.15, 0.2) is 0 Å². The summed E-state index contributed by atoms with van der Waals surface area (Å²) in [4.78, 5) is 11.2. The van der Waals surface area contributed by atoms with Gasteiger partial charge in [0.1, 0.15) is 5.69 Å². The number of fused-ring (bicyclic) bond motifs is 1. The molecule has 0 bridgehead atoms. The van der Waals surface area contributed by atoms with Crippen LogP contribution in [0.4, 0.5) is 17.1 Å². The summed E-state index contributed by atoms with van der Waals surface area (Å²) in [7, 11) is 0. The standard InChI is InChI=1S/C21H19N3O2/c1-14(2)11-17-12-15(13-22)7-9-19(17)23-21-18-6-4-3-5-16(18)8-10-20(21)24(25)26/h3-10,12,14,23H,11H2,1-2H3. The molecule has 1 N–H and O–H groups in total. The summed E-state index contributed by atoms with van der Waals surface area (Å²) in [6, 6.07) is 18.4. The minimum atomic E-state index is -0.374. The third-order valence-electron chi connectivity index (χ3n) is 4.23. The Kier molecular flexibility index (Phi) is 4.85. The summed E-state index contributed by atoms with van der Waals surface area (Å²) in [5.74, 6) is 0.395. The average Bonchev–Trinajstić information content (AvgIpc) is 2.62.